The number of hydrogen-bond donors (Lipinski definition) is 1. The lowest BCUT2D eigenvalue weighted by atomic mass is 10.2. The van der Waals surface area contributed by atoms with Gasteiger partial charge in [-0.3, -0.25) is 10.1 Å². The Balaban J connectivity index is 1.31. The van der Waals surface area contributed by atoms with E-state index in [4.69, 9.17) is 13.9 Å². The van der Waals surface area contributed by atoms with Crippen LogP contribution in [0.5, 0.6) is 11.5 Å². The Morgan fingerprint density at radius 3 is 2.61 bits per heavy atom. The van der Waals surface area contributed by atoms with Crippen LogP contribution in [-0.2, 0) is 14.8 Å². The van der Waals surface area contributed by atoms with Gasteiger partial charge in [0, 0.05) is 12.1 Å². The fourth-order valence-corrected chi connectivity index (χ4v) is 5.44. The van der Waals surface area contributed by atoms with E-state index < -0.39 is 27.8 Å². The van der Waals surface area contributed by atoms with E-state index in [1.54, 1.807) is 18.2 Å². The summed E-state index contributed by atoms with van der Waals surface area (Å²) in [7, 11) is -3.98. The molecule has 12 heteroatoms. The van der Waals surface area contributed by atoms with Gasteiger partial charge in [0.15, 0.2) is 11.5 Å². The lowest BCUT2D eigenvalue weighted by molar-refractivity contribution is -0.119. The number of rotatable bonds is 5. The van der Waals surface area contributed by atoms with Crippen LogP contribution >= 0.6 is 0 Å². The van der Waals surface area contributed by atoms with Crippen LogP contribution in [0.2, 0.25) is 0 Å². The average molecular weight is 474 g/mol. The molecule has 3 heterocycles. The number of nitrogens with one attached hydrogen (secondary N) is 1. The van der Waals surface area contributed by atoms with Crippen molar-refractivity contribution in [3.63, 3.8) is 0 Å². The Bertz CT molecular complexity index is 1290. The van der Waals surface area contributed by atoms with Crippen LogP contribution in [0.3, 0.4) is 0 Å². The summed E-state index contributed by atoms with van der Waals surface area (Å²) in [4.78, 5) is 12.8. The van der Waals surface area contributed by atoms with Gasteiger partial charge in [-0.15, -0.1) is 5.10 Å². The number of hydrogen-bond acceptors (Lipinski definition) is 8. The summed E-state index contributed by atoms with van der Waals surface area (Å²) < 4.78 is 56.8. The van der Waals surface area contributed by atoms with E-state index in [0.717, 1.165) is 16.4 Å². The largest absolute Gasteiger partial charge is 0.486 e. The van der Waals surface area contributed by atoms with Gasteiger partial charge in [-0.05, 0) is 55.3 Å². The summed E-state index contributed by atoms with van der Waals surface area (Å²) in [5.74, 6) is 0.187. The first-order valence-corrected chi connectivity index (χ1v) is 11.7. The van der Waals surface area contributed by atoms with Gasteiger partial charge in [0.2, 0.25) is 21.8 Å². The van der Waals surface area contributed by atoms with Gasteiger partial charge in [-0.2, -0.15) is 4.31 Å². The maximum absolute atomic E-state index is 13.2. The molecule has 1 amide bonds. The highest BCUT2D eigenvalue weighted by molar-refractivity contribution is 7.89. The Morgan fingerprint density at radius 1 is 1.06 bits per heavy atom. The van der Waals surface area contributed by atoms with Crippen LogP contribution in [0.4, 0.5) is 10.4 Å². The van der Waals surface area contributed by atoms with Crippen molar-refractivity contribution in [1.82, 2.24) is 14.5 Å². The number of anilines is 1. The molecule has 0 aliphatic carbocycles. The summed E-state index contributed by atoms with van der Waals surface area (Å²) >= 11 is 0. The number of ether oxygens (including phenoxy) is 2. The average Bonchev–Trinajstić information content (AvgIpc) is 3.49. The van der Waals surface area contributed by atoms with Crippen molar-refractivity contribution in [2.75, 3.05) is 25.1 Å². The molecule has 172 valence electrons. The van der Waals surface area contributed by atoms with E-state index in [1.807, 2.05) is 0 Å². The summed E-state index contributed by atoms with van der Waals surface area (Å²) in [6, 6.07) is 8.52. The Kier molecular flexibility index (Phi) is 5.46. The molecule has 5 rings (SSSR count). The molecular weight excluding hydrogens is 455 g/mol. The van der Waals surface area contributed by atoms with Gasteiger partial charge in [-0.1, -0.05) is 5.10 Å². The molecule has 0 saturated carbocycles. The SMILES string of the molecule is O=C(Nc1nnc(-c2ccc3c(c2)OCCO3)o1)C1CCCN1S(=O)(=O)c1ccc(F)cc1. The topological polar surface area (TPSA) is 124 Å². The summed E-state index contributed by atoms with van der Waals surface area (Å²) in [5.41, 5.74) is 0.577. The summed E-state index contributed by atoms with van der Waals surface area (Å²) in [6.07, 6.45) is 0.834. The van der Waals surface area contributed by atoms with Gasteiger partial charge in [0.1, 0.15) is 25.1 Å². The van der Waals surface area contributed by atoms with Crippen LogP contribution in [0.25, 0.3) is 11.5 Å². The Hall–Kier alpha value is -3.51. The van der Waals surface area contributed by atoms with Crippen LogP contribution in [0.1, 0.15) is 12.8 Å². The maximum atomic E-state index is 13.2. The van der Waals surface area contributed by atoms with Gasteiger partial charge in [0.05, 0.1) is 4.90 Å². The van der Waals surface area contributed by atoms with Crippen LogP contribution in [-0.4, -0.2) is 54.6 Å². The van der Waals surface area contributed by atoms with E-state index in [-0.39, 0.29) is 23.3 Å². The predicted octanol–water partition coefficient (Wildman–Crippen LogP) is 2.44. The second kappa shape index (κ2) is 8.45. The standard InChI is InChI=1S/C21H19FN4O6S/c22-14-4-6-15(7-5-14)33(28,29)26-9-1-2-16(26)19(27)23-21-25-24-20(32-21)13-3-8-17-18(12-13)31-11-10-30-17/h3-8,12,16H,1-2,9-11H2,(H,23,25,27). The van der Waals surface area contributed by atoms with Gasteiger partial charge >= 0.3 is 6.01 Å². The van der Waals surface area contributed by atoms with Crippen LogP contribution in [0.15, 0.2) is 51.8 Å². The number of nitrogens with zero attached hydrogens (tertiary/aromatic N) is 3. The zero-order chi connectivity index (χ0) is 23.0. The van der Waals surface area contributed by atoms with Crippen molar-refractivity contribution in [3.8, 4) is 23.0 Å². The molecule has 0 bridgehead atoms. The predicted molar refractivity (Wildman–Crippen MR) is 113 cm³/mol. The highest BCUT2D eigenvalue weighted by Gasteiger charge is 2.40. The fourth-order valence-electron chi connectivity index (χ4n) is 3.79. The molecule has 2 aliphatic rings. The van der Waals surface area contributed by atoms with Crippen LogP contribution in [0, 0.1) is 5.82 Å². The zero-order valence-corrected chi connectivity index (χ0v) is 18.0. The molecule has 1 atom stereocenters. The molecule has 3 aromatic rings. The zero-order valence-electron chi connectivity index (χ0n) is 17.2. The summed E-state index contributed by atoms with van der Waals surface area (Å²) in [6.45, 7) is 1.07. The minimum Gasteiger partial charge on any atom is -0.486 e. The number of carbonyl (C=O) groups is 1. The van der Waals surface area contributed by atoms with Crippen LogP contribution < -0.4 is 14.8 Å². The first-order chi connectivity index (χ1) is 15.9. The molecule has 1 saturated heterocycles. The van der Waals surface area contributed by atoms with Crippen molar-refractivity contribution < 1.29 is 31.5 Å². The third-order valence-corrected chi connectivity index (χ3v) is 7.29. The molecule has 33 heavy (non-hydrogen) atoms. The number of aromatic nitrogens is 2. The van der Waals surface area contributed by atoms with Crippen molar-refractivity contribution in [1.29, 1.82) is 0 Å². The van der Waals surface area contributed by atoms with Crippen molar-refractivity contribution in [3.05, 3.63) is 48.3 Å². The van der Waals surface area contributed by atoms with E-state index >= 15 is 0 Å². The fraction of sp³-hybridized carbons (Fsp3) is 0.286. The highest BCUT2D eigenvalue weighted by atomic mass is 32.2. The minimum absolute atomic E-state index is 0.0812. The van der Waals surface area contributed by atoms with Crippen molar-refractivity contribution in [2.45, 2.75) is 23.8 Å². The lowest BCUT2D eigenvalue weighted by Crippen LogP contribution is -2.43. The first kappa shape index (κ1) is 21.3. The monoisotopic (exact) mass is 474 g/mol. The van der Waals surface area contributed by atoms with Gasteiger partial charge < -0.3 is 13.9 Å². The second-order valence-corrected chi connectivity index (χ2v) is 9.38. The molecule has 0 radical (unpaired) electrons. The third kappa shape index (κ3) is 4.14. The molecule has 10 nitrogen and oxygen atoms in total. The number of fused-ring (bicyclic) bond motifs is 1. The molecule has 1 aromatic heterocycles. The quantitative estimate of drug-likeness (QED) is 0.598. The smallest absolute Gasteiger partial charge is 0.322 e. The number of sulfonamides is 1. The lowest BCUT2D eigenvalue weighted by Gasteiger charge is -2.22. The van der Waals surface area contributed by atoms with Crippen molar-refractivity contribution in [2.24, 2.45) is 0 Å². The van der Waals surface area contributed by atoms with E-state index in [0.29, 0.717) is 43.1 Å². The molecule has 2 aromatic carbocycles. The van der Waals surface area contributed by atoms with E-state index in [2.05, 4.69) is 15.5 Å². The van der Waals surface area contributed by atoms with E-state index in [9.17, 15) is 17.6 Å². The summed E-state index contributed by atoms with van der Waals surface area (Å²) in [5, 5.41) is 10.3. The molecule has 0 spiro atoms. The molecule has 1 N–H and O–H groups in total. The number of carbonyl (C=O) groups excluding carboxylic acids is 1. The molecule has 2 aliphatic heterocycles. The molecule has 1 unspecified atom stereocenters. The Morgan fingerprint density at radius 2 is 1.82 bits per heavy atom. The van der Waals surface area contributed by atoms with Gasteiger partial charge in [0.25, 0.3) is 0 Å². The maximum Gasteiger partial charge on any atom is 0.322 e. The third-order valence-electron chi connectivity index (χ3n) is 5.37. The number of halogens is 1. The number of amides is 1. The molecule has 1 fully saturated rings. The Labute approximate surface area is 188 Å². The number of benzene rings is 2. The van der Waals surface area contributed by atoms with E-state index in [1.165, 1.54) is 12.1 Å². The minimum atomic E-state index is -3.98. The molecular formula is C21H19FN4O6S. The second-order valence-electron chi connectivity index (χ2n) is 7.49. The van der Waals surface area contributed by atoms with Gasteiger partial charge in [-0.25, -0.2) is 12.8 Å². The highest BCUT2D eigenvalue weighted by Crippen LogP contribution is 2.34. The normalized spacial score (nSPS) is 18.3. The first-order valence-electron chi connectivity index (χ1n) is 10.2. The van der Waals surface area contributed by atoms with Crippen molar-refractivity contribution >= 4 is 21.9 Å².